The maximum atomic E-state index is 10.8. The molecule has 1 heterocycles. The number of hydrogen-bond donors (Lipinski definition) is 0. The van der Waals surface area contributed by atoms with Gasteiger partial charge in [-0.15, -0.1) is 0 Å². The fraction of sp³-hybridized carbons (Fsp3) is 0.545. The molecular weight excluding hydrogens is 194 g/mol. The second-order valence-electron chi connectivity index (χ2n) is 2.87. The van der Waals surface area contributed by atoms with Crippen LogP contribution < -0.4 is 0 Å². The minimum Gasteiger partial charge on any atom is -0.616 e. The molecule has 1 aromatic heterocycles. The summed E-state index contributed by atoms with van der Waals surface area (Å²) in [5, 5.41) is 0. The maximum absolute atomic E-state index is 10.8. The van der Waals surface area contributed by atoms with Crippen molar-refractivity contribution in [3.63, 3.8) is 0 Å². The van der Waals surface area contributed by atoms with E-state index in [1.165, 1.54) is 0 Å². The van der Waals surface area contributed by atoms with E-state index in [0.29, 0.717) is 0 Å². The van der Waals surface area contributed by atoms with E-state index >= 15 is 0 Å². The monoisotopic (exact) mass is 213 g/mol. The van der Waals surface area contributed by atoms with Crippen molar-refractivity contribution >= 4 is 11.2 Å². The molecule has 0 radical (unpaired) electrons. The molecule has 0 N–H and O–H groups in total. The lowest BCUT2D eigenvalue weighted by molar-refractivity contribution is 0.592. The van der Waals surface area contributed by atoms with Crippen molar-refractivity contribution in [3.05, 3.63) is 30.6 Å². The molecule has 2 nitrogen and oxygen atoms in total. The average Bonchev–Trinajstić information content (AvgIpc) is 2.22. The Morgan fingerprint density at radius 3 is 1.71 bits per heavy atom. The van der Waals surface area contributed by atoms with E-state index in [4.69, 9.17) is 0 Å². The van der Waals surface area contributed by atoms with Gasteiger partial charge in [-0.05, 0) is 25.0 Å². The smallest absolute Gasteiger partial charge is 0.105 e. The summed E-state index contributed by atoms with van der Waals surface area (Å²) in [4.78, 5) is 3.78. The first-order valence-electron chi connectivity index (χ1n) is 5.01. The first-order valence-corrected chi connectivity index (χ1v) is 6.50. The molecule has 14 heavy (non-hydrogen) atoms. The van der Waals surface area contributed by atoms with E-state index in [2.05, 4.69) is 18.8 Å². The second kappa shape index (κ2) is 10.5. The van der Waals surface area contributed by atoms with Crippen molar-refractivity contribution in [3.8, 4) is 0 Å². The molecule has 0 aliphatic rings. The van der Waals surface area contributed by atoms with Crippen LogP contribution in [0.4, 0.5) is 0 Å². The van der Waals surface area contributed by atoms with E-state index in [-0.39, 0.29) is 0 Å². The van der Waals surface area contributed by atoms with Gasteiger partial charge in [0.1, 0.15) is 11.5 Å². The molecule has 0 amide bonds. The topological polar surface area (TPSA) is 36.0 Å². The van der Waals surface area contributed by atoms with Gasteiger partial charge < -0.3 is 4.55 Å². The van der Waals surface area contributed by atoms with Crippen molar-refractivity contribution in [2.24, 2.45) is 0 Å². The van der Waals surface area contributed by atoms with Gasteiger partial charge in [0, 0.05) is 12.4 Å². The van der Waals surface area contributed by atoms with Crippen LogP contribution >= 0.6 is 0 Å². The molecule has 0 atom stereocenters. The van der Waals surface area contributed by atoms with Gasteiger partial charge in [-0.2, -0.15) is 0 Å². The zero-order chi connectivity index (χ0) is 10.6. The van der Waals surface area contributed by atoms with Gasteiger partial charge in [0.2, 0.25) is 0 Å². The summed E-state index contributed by atoms with van der Waals surface area (Å²) < 4.78 is 10.8. The van der Waals surface area contributed by atoms with Crippen LogP contribution in [0.3, 0.4) is 0 Å². The fourth-order valence-corrected chi connectivity index (χ4v) is 1.98. The molecule has 0 spiro atoms. The Kier molecular flexibility index (Phi) is 10.1. The third-order valence-electron chi connectivity index (χ3n) is 1.43. The SMILES string of the molecule is CCC[S+]([O-])CCC.c1ccncc1. The largest absolute Gasteiger partial charge is 0.616 e. The van der Waals surface area contributed by atoms with Gasteiger partial charge in [-0.25, -0.2) is 0 Å². The number of nitrogens with zero attached hydrogens (tertiary/aromatic N) is 1. The standard InChI is InChI=1S/C6H14OS.C5H5N/c1-3-5-8(7)6-4-2;1-2-4-6-5-3-1/h3-6H2,1-2H3;1-5H. The van der Waals surface area contributed by atoms with Crippen molar-refractivity contribution in [2.45, 2.75) is 26.7 Å². The highest BCUT2D eigenvalue weighted by Crippen LogP contribution is 1.94. The third kappa shape index (κ3) is 9.55. The van der Waals surface area contributed by atoms with E-state index in [0.717, 1.165) is 24.3 Å². The first-order chi connectivity index (χ1) is 6.81. The summed E-state index contributed by atoms with van der Waals surface area (Å²) >= 11 is -0.520. The van der Waals surface area contributed by atoms with Gasteiger partial charge in [0.25, 0.3) is 0 Å². The van der Waals surface area contributed by atoms with Crippen LogP contribution in [-0.4, -0.2) is 21.0 Å². The molecule has 1 rings (SSSR count). The highest BCUT2D eigenvalue weighted by Gasteiger charge is 1.99. The Hall–Kier alpha value is -0.540. The molecule has 0 bridgehead atoms. The van der Waals surface area contributed by atoms with Crippen LogP contribution in [0.1, 0.15) is 26.7 Å². The van der Waals surface area contributed by atoms with Crippen molar-refractivity contribution in [1.82, 2.24) is 4.98 Å². The van der Waals surface area contributed by atoms with Crippen LogP contribution in [-0.2, 0) is 11.2 Å². The number of rotatable bonds is 4. The third-order valence-corrected chi connectivity index (χ3v) is 3.16. The van der Waals surface area contributed by atoms with E-state index in [9.17, 15) is 4.55 Å². The van der Waals surface area contributed by atoms with Gasteiger partial charge in [-0.1, -0.05) is 31.1 Å². The van der Waals surface area contributed by atoms with Crippen LogP contribution in [0.15, 0.2) is 30.6 Å². The molecule has 0 aromatic carbocycles. The van der Waals surface area contributed by atoms with Gasteiger partial charge in [0.05, 0.1) is 0 Å². The summed E-state index contributed by atoms with van der Waals surface area (Å²) in [5.41, 5.74) is 0. The molecule has 0 aliphatic carbocycles. The molecule has 80 valence electrons. The lowest BCUT2D eigenvalue weighted by Gasteiger charge is -2.06. The summed E-state index contributed by atoms with van der Waals surface area (Å²) in [6.45, 7) is 4.13. The molecule has 0 saturated carbocycles. The number of hydrogen-bond acceptors (Lipinski definition) is 2. The van der Waals surface area contributed by atoms with Crippen LogP contribution in [0.5, 0.6) is 0 Å². The summed E-state index contributed by atoms with van der Waals surface area (Å²) in [7, 11) is 0. The minimum atomic E-state index is -0.520. The molecule has 1 aromatic rings. The highest BCUT2D eigenvalue weighted by molar-refractivity contribution is 7.91. The second-order valence-corrected chi connectivity index (χ2v) is 4.57. The molecule has 0 unspecified atom stereocenters. The van der Waals surface area contributed by atoms with Gasteiger partial charge in [-0.3, -0.25) is 4.98 Å². The first kappa shape index (κ1) is 13.5. The van der Waals surface area contributed by atoms with Crippen LogP contribution in [0.2, 0.25) is 0 Å². The van der Waals surface area contributed by atoms with E-state index < -0.39 is 11.2 Å². The lowest BCUT2D eigenvalue weighted by atomic mass is 10.5. The Labute approximate surface area is 89.9 Å². The Bertz CT molecular complexity index is 161. The Morgan fingerprint density at radius 2 is 1.50 bits per heavy atom. The van der Waals surface area contributed by atoms with Crippen molar-refractivity contribution in [2.75, 3.05) is 11.5 Å². The quantitative estimate of drug-likeness (QED) is 0.721. The number of pyridine rings is 1. The fourth-order valence-electron chi connectivity index (χ4n) is 0.870. The zero-order valence-electron chi connectivity index (χ0n) is 8.98. The Balaban J connectivity index is 0.000000249. The van der Waals surface area contributed by atoms with Crippen molar-refractivity contribution in [1.29, 1.82) is 0 Å². The molecular formula is C11H19NOS. The number of aromatic nitrogens is 1. The summed E-state index contributed by atoms with van der Waals surface area (Å²) in [6, 6.07) is 5.72. The summed E-state index contributed by atoms with van der Waals surface area (Å²) in [5.74, 6) is 1.77. The molecule has 0 aliphatic heterocycles. The zero-order valence-corrected chi connectivity index (χ0v) is 9.80. The lowest BCUT2D eigenvalue weighted by Crippen LogP contribution is -2.09. The predicted molar refractivity (Wildman–Crippen MR) is 62.7 cm³/mol. The van der Waals surface area contributed by atoms with E-state index in [1.807, 2.05) is 18.2 Å². The predicted octanol–water partition coefficient (Wildman–Crippen LogP) is 2.64. The molecule has 3 heteroatoms. The summed E-state index contributed by atoms with van der Waals surface area (Å²) in [6.07, 6.45) is 5.60. The maximum Gasteiger partial charge on any atom is 0.105 e. The Morgan fingerprint density at radius 1 is 1.00 bits per heavy atom. The van der Waals surface area contributed by atoms with E-state index in [1.54, 1.807) is 12.4 Å². The molecule has 0 fully saturated rings. The minimum absolute atomic E-state index is 0.520. The van der Waals surface area contributed by atoms with Crippen LogP contribution in [0.25, 0.3) is 0 Å². The highest BCUT2D eigenvalue weighted by atomic mass is 32.2. The normalized spacial score (nSPS) is 9.43. The average molecular weight is 213 g/mol. The van der Waals surface area contributed by atoms with Crippen molar-refractivity contribution < 1.29 is 4.55 Å². The van der Waals surface area contributed by atoms with Gasteiger partial charge >= 0.3 is 0 Å². The van der Waals surface area contributed by atoms with Crippen LogP contribution in [0, 0.1) is 0 Å². The molecule has 0 saturated heterocycles. The van der Waals surface area contributed by atoms with Gasteiger partial charge in [0.15, 0.2) is 0 Å².